The van der Waals surface area contributed by atoms with Crippen LogP contribution in [0.5, 0.6) is 0 Å². The van der Waals surface area contributed by atoms with Crippen molar-refractivity contribution in [3.8, 4) is 0 Å². The second kappa shape index (κ2) is 6.51. The van der Waals surface area contributed by atoms with Crippen molar-refractivity contribution >= 4 is 18.0 Å². The first kappa shape index (κ1) is 14.5. The van der Waals surface area contributed by atoms with Crippen LogP contribution < -0.4 is 16.1 Å². The first-order chi connectivity index (χ1) is 9.65. The van der Waals surface area contributed by atoms with Crippen LogP contribution in [-0.4, -0.2) is 55.7 Å². The van der Waals surface area contributed by atoms with E-state index in [1.54, 1.807) is 7.05 Å². The fraction of sp³-hybridized carbons (Fsp3) is 0.615. The van der Waals surface area contributed by atoms with E-state index in [9.17, 15) is 9.59 Å². The maximum Gasteiger partial charge on any atom is 0.274 e. The van der Waals surface area contributed by atoms with Crippen LogP contribution in [0.1, 0.15) is 12.8 Å². The number of carbonyl (C=O) groups excluding carboxylic acids is 2. The number of hydrogen-bond acceptors (Lipinski definition) is 5. The number of hydrazone groups is 1. The van der Waals surface area contributed by atoms with E-state index in [1.807, 2.05) is 0 Å². The van der Waals surface area contributed by atoms with Gasteiger partial charge in [0.05, 0.1) is 5.70 Å². The lowest BCUT2D eigenvalue weighted by Crippen LogP contribution is -2.58. The number of rotatable bonds is 6. The van der Waals surface area contributed by atoms with Gasteiger partial charge < -0.3 is 21.0 Å². The third-order valence-electron chi connectivity index (χ3n) is 3.93. The molecule has 3 aliphatic rings. The number of carbonyl (C=O) groups is 2. The molecule has 3 saturated heterocycles. The number of amides is 2. The molecule has 3 rings (SSSR count). The summed E-state index contributed by atoms with van der Waals surface area (Å²) >= 11 is 0. The average Bonchev–Trinajstić information content (AvgIpc) is 2.46. The Bertz CT molecular complexity index is 426. The molecule has 0 spiro atoms. The lowest BCUT2D eigenvalue weighted by Gasteiger charge is -2.44. The molecule has 1 atom stereocenters. The highest BCUT2D eigenvalue weighted by atomic mass is 16.2. The highest BCUT2D eigenvalue weighted by Crippen LogP contribution is 2.27. The largest absolute Gasteiger partial charge is 0.346 e. The minimum Gasteiger partial charge on any atom is -0.346 e. The Morgan fingerprint density at radius 2 is 2.10 bits per heavy atom. The molecule has 110 valence electrons. The molecule has 0 aromatic heterocycles. The van der Waals surface area contributed by atoms with Crippen molar-refractivity contribution in [2.45, 2.75) is 18.9 Å². The Balaban J connectivity index is 2.00. The molecule has 2 amide bonds. The third-order valence-corrected chi connectivity index (χ3v) is 3.93. The minimum atomic E-state index is -0.308. The molecule has 20 heavy (non-hydrogen) atoms. The van der Waals surface area contributed by atoms with Gasteiger partial charge in [-0.15, -0.1) is 0 Å². The van der Waals surface area contributed by atoms with Crippen LogP contribution in [0.15, 0.2) is 17.4 Å². The fourth-order valence-corrected chi connectivity index (χ4v) is 2.87. The number of piperidine rings is 3. The van der Waals surface area contributed by atoms with Gasteiger partial charge in [0.2, 0.25) is 6.41 Å². The van der Waals surface area contributed by atoms with E-state index in [0.717, 1.165) is 32.5 Å². The molecule has 3 aliphatic heterocycles. The summed E-state index contributed by atoms with van der Waals surface area (Å²) in [5.41, 5.74) is 2.85. The summed E-state index contributed by atoms with van der Waals surface area (Å²) in [6, 6.07) is 0.149. The zero-order chi connectivity index (χ0) is 14.5. The smallest absolute Gasteiger partial charge is 0.274 e. The SMILES string of the molecule is C=C(NC=O)/C(=N\NC)C(=O)NC1CN2CCC1CC2. The molecule has 0 aliphatic carbocycles. The first-order valence-electron chi connectivity index (χ1n) is 6.82. The normalized spacial score (nSPS) is 28.6. The molecular weight excluding hydrogens is 258 g/mol. The second-order valence-corrected chi connectivity index (χ2v) is 5.14. The minimum absolute atomic E-state index is 0.107. The van der Waals surface area contributed by atoms with Gasteiger partial charge in [-0.1, -0.05) is 6.58 Å². The lowest BCUT2D eigenvalue weighted by atomic mass is 9.84. The van der Waals surface area contributed by atoms with Gasteiger partial charge in [-0.05, 0) is 31.8 Å². The zero-order valence-electron chi connectivity index (χ0n) is 11.7. The summed E-state index contributed by atoms with van der Waals surface area (Å²) < 4.78 is 0. The van der Waals surface area contributed by atoms with Gasteiger partial charge >= 0.3 is 0 Å². The summed E-state index contributed by atoms with van der Waals surface area (Å²) in [6.07, 6.45) is 2.73. The molecule has 0 saturated carbocycles. The van der Waals surface area contributed by atoms with Crippen LogP contribution >= 0.6 is 0 Å². The van der Waals surface area contributed by atoms with Crippen molar-refractivity contribution in [2.75, 3.05) is 26.7 Å². The third kappa shape index (κ3) is 3.16. The number of nitrogens with one attached hydrogen (secondary N) is 3. The lowest BCUT2D eigenvalue weighted by molar-refractivity contribution is -0.116. The van der Waals surface area contributed by atoms with Crippen LogP contribution in [-0.2, 0) is 9.59 Å². The Hall–Kier alpha value is -1.89. The van der Waals surface area contributed by atoms with E-state index in [4.69, 9.17) is 0 Å². The Morgan fingerprint density at radius 3 is 2.60 bits per heavy atom. The highest BCUT2D eigenvalue weighted by molar-refractivity contribution is 6.45. The average molecular weight is 279 g/mol. The molecule has 0 aromatic rings. The number of hydrogen-bond donors (Lipinski definition) is 3. The molecule has 3 heterocycles. The summed E-state index contributed by atoms with van der Waals surface area (Å²) in [4.78, 5) is 25.1. The van der Waals surface area contributed by atoms with Gasteiger partial charge in [0.1, 0.15) is 0 Å². The monoisotopic (exact) mass is 279 g/mol. The van der Waals surface area contributed by atoms with Gasteiger partial charge in [-0.25, -0.2) is 0 Å². The van der Waals surface area contributed by atoms with E-state index in [1.165, 1.54) is 0 Å². The van der Waals surface area contributed by atoms with E-state index >= 15 is 0 Å². The van der Waals surface area contributed by atoms with E-state index in [-0.39, 0.29) is 23.4 Å². The summed E-state index contributed by atoms with van der Waals surface area (Å²) in [7, 11) is 1.59. The van der Waals surface area contributed by atoms with E-state index < -0.39 is 0 Å². The molecule has 7 nitrogen and oxygen atoms in total. The van der Waals surface area contributed by atoms with Gasteiger partial charge in [-0.2, -0.15) is 5.10 Å². The summed E-state index contributed by atoms with van der Waals surface area (Å²) in [5.74, 6) is 0.226. The van der Waals surface area contributed by atoms with Gasteiger partial charge in [-0.3, -0.25) is 9.59 Å². The second-order valence-electron chi connectivity index (χ2n) is 5.14. The maximum absolute atomic E-state index is 12.3. The van der Waals surface area contributed by atoms with Crippen LogP contribution in [0.4, 0.5) is 0 Å². The van der Waals surface area contributed by atoms with Crippen molar-refractivity contribution in [3.63, 3.8) is 0 Å². The molecule has 0 aromatic carbocycles. The van der Waals surface area contributed by atoms with E-state index in [2.05, 4.69) is 32.6 Å². The van der Waals surface area contributed by atoms with Crippen LogP contribution in [0.2, 0.25) is 0 Å². The number of nitrogens with zero attached hydrogens (tertiary/aromatic N) is 2. The molecule has 3 fully saturated rings. The Labute approximate surface area is 118 Å². The van der Waals surface area contributed by atoms with Gasteiger partial charge in [0.25, 0.3) is 5.91 Å². The van der Waals surface area contributed by atoms with Crippen molar-refractivity contribution in [2.24, 2.45) is 11.0 Å². The summed E-state index contributed by atoms with van der Waals surface area (Å²) in [6.45, 7) is 6.76. The van der Waals surface area contributed by atoms with Crippen molar-refractivity contribution < 1.29 is 9.59 Å². The van der Waals surface area contributed by atoms with Gasteiger partial charge in [0.15, 0.2) is 5.71 Å². The molecule has 7 heteroatoms. The number of fused-ring (bicyclic) bond motifs is 3. The molecule has 0 radical (unpaired) electrons. The van der Waals surface area contributed by atoms with Crippen LogP contribution in [0.3, 0.4) is 0 Å². The standard InChI is InChI=1S/C13H21N5O2/c1-9(15-8-19)12(17-14-2)13(20)16-11-7-18-5-3-10(11)4-6-18/h8,10-11,14H,1,3-7H2,2H3,(H,15,19)(H,16,20)/b17-12+. The fourth-order valence-electron chi connectivity index (χ4n) is 2.87. The topological polar surface area (TPSA) is 85.8 Å². The molecule has 3 N–H and O–H groups in total. The van der Waals surface area contributed by atoms with Crippen molar-refractivity contribution in [3.05, 3.63) is 12.3 Å². The predicted molar refractivity (Wildman–Crippen MR) is 75.9 cm³/mol. The zero-order valence-corrected chi connectivity index (χ0v) is 11.7. The molecule has 2 bridgehead atoms. The van der Waals surface area contributed by atoms with Gasteiger partial charge in [0, 0.05) is 19.6 Å². The Morgan fingerprint density at radius 1 is 1.40 bits per heavy atom. The molecular formula is C13H21N5O2. The van der Waals surface area contributed by atoms with E-state index in [0.29, 0.717) is 12.3 Å². The Kier molecular flexibility index (Phi) is 4.73. The molecule has 1 unspecified atom stereocenters. The van der Waals surface area contributed by atoms with Crippen LogP contribution in [0.25, 0.3) is 0 Å². The highest BCUT2D eigenvalue weighted by Gasteiger charge is 2.35. The first-order valence-corrected chi connectivity index (χ1v) is 6.82. The van der Waals surface area contributed by atoms with Crippen molar-refractivity contribution in [1.29, 1.82) is 0 Å². The maximum atomic E-state index is 12.3. The van der Waals surface area contributed by atoms with Crippen molar-refractivity contribution in [1.82, 2.24) is 21.0 Å². The summed E-state index contributed by atoms with van der Waals surface area (Å²) in [5, 5.41) is 9.26. The van der Waals surface area contributed by atoms with Crippen LogP contribution in [0, 0.1) is 5.92 Å². The quantitative estimate of drug-likeness (QED) is 0.332. The predicted octanol–water partition coefficient (Wildman–Crippen LogP) is -0.968.